The number of nitrogens with one attached hydrogen (secondary N) is 1. The maximum absolute atomic E-state index is 11.6. The summed E-state index contributed by atoms with van der Waals surface area (Å²) < 4.78 is 0. The number of oxime groups is 1. The van der Waals surface area contributed by atoms with Gasteiger partial charge in [0, 0.05) is 10.6 Å². The summed E-state index contributed by atoms with van der Waals surface area (Å²) in [7, 11) is 0. The van der Waals surface area contributed by atoms with Gasteiger partial charge in [-0.25, -0.2) is 0 Å². The molecule has 0 aliphatic carbocycles. The number of carbonyl (C=O) groups excluding carboxylic acids is 1. The van der Waals surface area contributed by atoms with Crippen molar-refractivity contribution in [1.29, 1.82) is 0 Å². The summed E-state index contributed by atoms with van der Waals surface area (Å²) in [5, 5.41) is 8.41. The maximum atomic E-state index is 11.6. The van der Waals surface area contributed by atoms with Gasteiger partial charge in [0.2, 0.25) is 0 Å². The molecule has 5 heteroatoms. The van der Waals surface area contributed by atoms with Gasteiger partial charge in [0.05, 0.1) is 6.21 Å². The predicted molar refractivity (Wildman–Crippen MR) is 77.7 cm³/mol. The van der Waals surface area contributed by atoms with E-state index in [1.54, 1.807) is 17.6 Å². The van der Waals surface area contributed by atoms with Crippen LogP contribution >= 0.6 is 11.3 Å². The monoisotopic (exact) mass is 274 g/mol. The normalized spacial score (nSPS) is 10.6. The Kier molecular flexibility index (Phi) is 4.69. The quantitative estimate of drug-likeness (QED) is 0.673. The molecule has 0 bridgehead atoms. The van der Waals surface area contributed by atoms with Crippen LogP contribution in [0.2, 0.25) is 0 Å². The van der Waals surface area contributed by atoms with Crippen molar-refractivity contribution in [3.05, 3.63) is 52.2 Å². The Morgan fingerprint density at radius 1 is 1.37 bits per heavy atom. The summed E-state index contributed by atoms with van der Waals surface area (Å²) in [4.78, 5) is 17.5. The van der Waals surface area contributed by atoms with Gasteiger partial charge >= 0.3 is 0 Å². The van der Waals surface area contributed by atoms with Crippen LogP contribution in [0.15, 0.2) is 46.9 Å². The molecule has 0 spiro atoms. The van der Waals surface area contributed by atoms with E-state index in [1.165, 1.54) is 0 Å². The standard InChI is InChI=1S/C14H14N2O2S/c1-11-4-6-12(7-5-11)16-14(17)10-18-15-9-13-3-2-8-19-13/h2-9H,10H2,1H3,(H,16,17)/b15-9+. The predicted octanol–water partition coefficient (Wildman–Crippen LogP) is 3.05. The van der Waals surface area contributed by atoms with Crippen molar-refractivity contribution in [2.45, 2.75) is 6.92 Å². The summed E-state index contributed by atoms with van der Waals surface area (Å²) in [6.45, 7) is 1.89. The molecule has 1 amide bonds. The lowest BCUT2D eigenvalue weighted by atomic mass is 10.2. The Morgan fingerprint density at radius 2 is 2.16 bits per heavy atom. The number of nitrogens with zero attached hydrogens (tertiary/aromatic N) is 1. The van der Waals surface area contributed by atoms with Gasteiger partial charge in [-0.1, -0.05) is 28.9 Å². The Balaban J connectivity index is 1.74. The number of hydrogen-bond donors (Lipinski definition) is 1. The van der Waals surface area contributed by atoms with E-state index in [9.17, 15) is 4.79 Å². The van der Waals surface area contributed by atoms with Gasteiger partial charge in [-0.3, -0.25) is 4.79 Å². The molecule has 4 nitrogen and oxygen atoms in total. The minimum Gasteiger partial charge on any atom is -0.386 e. The first-order valence-corrected chi connectivity index (χ1v) is 6.67. The minimum atomic E-state index is -0.229. The highest BCUT2D eigenvalue weighted by atomic mass is 32.1. The molecule has 0 aliphatic rings. The van der Waals surface area contributed by atoms with Crippen LogP contribution < -0.4 is 5.32 Å². The zero-order valence-corrected chi connectivity index (χ0v) is 11.3. The van der Waals surface area contributed by atoms with Gasteiger partial charge in [-0.05, 0) is 30.5 Å². The van der Waals surface area contributed by atoms with Crippen molar-refractivity contribution in [2.24, 2.45) is 5.16 Å². The van der Waals surface area contributed by atoms with E-state index in [4.69, 9.17) is 4.84 Å². The molecule has 19 heavy (non-hydrogen) atoms. The van der Waals surface area contributed by atoms with Crippen molar-refractivity contribution in [3.8, 4) is 0 Å². The molecule has 0 aliphatic heterocycles. The van der Waals surface area contributed by atoms with Crippen LogP contribution in [0, 0.1) is 6.92 Å². The molecule has 0 atom stereocenters. The third-order valence-corrected chi connectivity index (χ3v) is 3.14. The number of benzene rings is 1. The van der Waals surface area contributed by atoms with Crippen LogP contribution in [0.1, 0.15) is 10.4 Å². The van der Waals surface area contributed by atoms with Crippen molar-refractivity contribution >= 4 is 29.1 Å². The molecule has 1 heterocycles. The Hall–Kier alpha value is -2.14. The topological polar surface area (TPSA) is 50.7 Å². The summed E-state index contributed by atoms with van der Waals surface area (Å²) in [5.74, 6) is -0.229. The summed E-state index contributed by atoms with van der Waals surface area (Å²) in [6.07, 6.45) is 1.59. The van der Waals surface area contributed by atoms with E-state index in [0.29, 0.717) is 0 Å². The lowest BCUT2D eigenvalue weighted by molar-refractivity contribution is -0.120. The largest absolute Gasteiger partial charge is 0.386 e. The van der Waals surface area contributed by atoms with Crippen molar-refractivity contribution in [3.63, 3.8) is 0 Å². The molecule has 0 fully saturated rings. The highest BCUT2D eigenvalue weighted by molar-refractivity contribution is 7.11. The van der Waals surface area contributed by atoms with Gasteiger partial charge in [0.15, 0.2) is 6.61 Å². The summed E-state index contributed by atoms with van der Waals surface area (Å²) in [6, 6.07) is 11.4. The first-order chi connectivity index (χ1) is 9.24. The fraction of sp³-hybridized carbons (Fsp3) is 0.143. The number of rotatable bonds is 5. The van der Waals surface area contributed by atoms with Crippen molar-refractivity contribution < 1.29 is 9.63 Å². The fourth-order valence-corrected chi connectivity index (χ4v) is 1.96. The lowest BCUT2D eigenvalue weighted by Gasteiger charge is -2.04. The molecule has 0 saturated heterocycles. The lowest BCUT2D eigenvalue weighted by Crippen LogP contribution is -2.16. The third-order valence-electron chi connectivity index (χ3n) is 2.33. The van der Waals surface area contributed by atoms with E-state index in [1.807, 2.05) is 48.7 Å². The van der Waals surface area contributed by atoms with Crippen LogP contribution in [0.4, 0.5) is 5.69 Å². The second-order valence-electron chi connectivity index (χ2n) is 3.94. The SMILES string of the molecule is Cc1ccc(NC(=O)CO/N=C/c2cccs2)cc1. The Bertz CT molecular complexity index is 547. The number of aryl methyl sites for hydroxylation is 1. The van der Waals surface area contributed by atoms with Gasteiger partial charge in [0.25, 0.3) is 5.91 Å². The Labute approximate surface area is 115 Å². The molecule has 1 N–H and O–H groups in total. The fourth-order valence-electron chi connectivity index (χ4n) is 1.38. The highest BCUT2D eigenvalue weighted by Crippen LogP contribution is 2.08. The highest BCUT2D eigenvalue weighted by Gasteiger charge is 2.01. The second-order valence-corrected chi connectivity index (χ2v) is 4.92. The number of amides is 1. The van der Waals surface area contributed by atoms with Crippen LogP contribution in [0.5, 0.6) is 0 Å². The number of thiophene rings is 1. The minimum absolute atomic E-state index is 0.101. The first-order valence-electron chi connectivity index (χ1n) is 5.79. The third kappa shape index (κ3) is 4.56. The van der Waals surface area contributed by atoms with E-state index < -0.39 is 0 Å². The molecule has 2 aromatic rings. The zero-order chi connectivity index (χ0) is 13.5. The Morgan fingerprint density at radius 3 is 2.84 bits per heavy atom. The average Bonchev–Trinajstić information content (AvgIpc) is 2.91. The van der Waals surface area contributed by atoms with E-state index >= 15 is 0 Å². The van der Waals surface area contributed by atoms with Gasteiger partial charge < -0.3 is 10.2 Å². The number of hydrogen-bond acceptors (Lipinski definition) is 4. The molecular weight excluding hydrogens is 260 g/mol. The number of anilines is 1. The molecule has 1 aromatic carbocycles. The average molecular weight is 274 g/mol. The molecular formula is C14H14N2O2S. The maximum Gasteiger partial charge on any atom is 0.265 e. The molecule has 0 radical (unpaired) electrons. The smallest absolute Gasteiger partial charge is 0.265 e. The zero-order valence-electron chi connectivity index (χ0n) is 10.5. The second kappa shape index (κ2) is 6.70. The van der Waals surface area contributed by atoms with Gasteiger partial charge in [0.1, 0.15) is 0 Å². The number of carbonyl (C=O) groups is 1. The van der Waals surface area contributed by atoms with E-state index in [2.05, 4.69) is 10.5 Å². The molecule has 1 aromatic heterocycles. The van der Waals surface area contributed by atoms with Crippen molar-refractivity contribution in [2.75, 3.05) is 11.9 Å². The summed E-state index contributed by atoms with van der Waals surface area (Å²) >= 11 is 1.56. The summed E-state index contributed by atoms with van der Waals surface area (Å²) in [5.41, 5.74) is 1.90. The van der Waals surface area contributed by atoms with Crippen LogP contribution in [-0.4, -0.2) is 18.7 Å². The van der Waals surface area contributed by atoms with Gasteiger partial charge in [-0.2, -0.15) is 0 Å². The first kappa shape index (κ1) is 13.3. The molecule has 0 saturated carbocycles. The van der Waals surface area contributed by atoms with Crippen LogP contribution in [-0.2, 0) is 9.63 Å². The molecule has 2 rings (SSSR count). The van der Waals surface area contributed by atoms with E-state index in [0.717, 1.165) is 16.1 Å². The van der Waals surface area contributed by atoms with E-state index in [-0.39, 0.29) is 12.5 Å². The molecule has 98 valence electrons. The molecule has 0 unspecified atom stereocenters. The van der Waals surface area contributed by atoms with Crippen LogP contribution in [0.3, 0.4) is 0 Å². The van der Waals surface area contributed by atoms with Gasteiger partial charge in [-0.15, -0.1) is 11.3 Å². The van der Waals surface area contributed by atoms with Crippen LogP contribution in [0.25, 0.3) is 0 Å². The van der Waals surface area contributed by atoms with Crippen molar-refractivity contribution in [1.82, 2.24) is 0 Å².